The average molecular weight is 775 g/mol. The van der Waals surface area contributed by atoms with E-state index in [9.17, 15) is 33.6 Å². The Hall–Kier alpha value is -4.51. The fourth-order valence-electron chi connectivity index (χ4n) is 5.24. The molecule has 1 aliphatic heterocycles. The number of nitrogens with one attached hydrogen (secondary N) is 2. The Morgan fingerprint density at radius 1 is 0.764 bits per heavy atom. The minimum Gasteiger partial charge on any atom is -0.461 e. The number of primary amides is 1. The van der Waals surface area contributed by atoms with Crippen molar-refractivity contribution in [2.75, 3.05) is 65.9 Å². The highest BCUT2D eigenvalue weighted by atomic mass is 16.6. The Labute approximate surface area is 323 Å². The van der Waals surface area contributed by atoms with Gasteiger partial charge >= 0.3 is 12.0 Å². The van der Waals surface area contributed by atoms with E-state index < -0.39 is 23.9 Å². The number of hydrogen-bond acceptors (Lipinski definition) is 12. The van der Waals surface area contributed by atoms with Gasteiger partial charge in [-0.2, -0.15) is 0 Å². The largest absolute Gasteiger partial charge is 0.461 e. The van der Waals surface area contributed by atoms with Crippen LogP contribution in [0.5, 0.6) is 0 Å². The van der Waals surface area contributed by atoms with E-state index in [0.29, 0.717) is 39.5 Å². The van der Waals surface area contributed by atoms with Crippen LogP contribution in [0.15, 0.2) is 36.4 Å². The van der Waals surface area contributed by atoms with Crippen LogP contribution in [0, 0.1) is 17.8 Å². The summed E-state index contributed by atoms with van der Waals surface area (Å²) in [5.74, 6) is -2.84. The molecule has 0 spiro atoms. The summed E-state index contributed by atoms with van der Waals surface area (Å²) in [4.78, 5) is 86.7. The summed E-state index contributed by atoms with van der Waals surface area (Å²) >= 11 is 0. The van der Waals surface area contributed by atoms with E-state index in [1.807, 2.05) is 13.8 Å². The highest BCUT2D eigenvalue weighted by Gasteiger charge is 2.29. The Morgan fingerprint density at radius 3 is 1.85 bits per heavy atom. The van der Waals surface area contributed by atoms with E-state index in [4.69, 9.17) is 29.4 Å². The van der Waals surface area contributed by atoms with Crippen LogP contribution in [0.4, 0.5) is 4.79 Å². The fourth-order valence-corrected chi connectivity index (χ4v) is 5.24. The van der Waals surface area contributed by atoms with Gasteiger partial charge in [-0.05, 0) is 29.9 Å². The molecule has 0 aromatic heterocycles. The molecule has 1 aromatic carbocycles. The van der Waals surface area contributed by atoms with Crippen molar-refractivity contribution in [3.05, 3.63) is 47.5 Å². The number of hydrogen-bond donors (Lipinski definition) is 3. The van der Waals surface area contributed by atoms with Gasteiger partial charge in [-0.15, -0.1) is 0 Å². The van der Waals surface area contributed by atoms with Crippen LogP contribution in [0.1, 0.15) is 64.5 Å². The molecule has 16 heteroatoms. The van der Waals surface area contributed by atoms with Crippen molar-refractivity contribution in [2.24, 2.45) is 23.5 Å². The summed E-state index contributed by atoms with van der Waals surface area (Å²) in [6, 6.07) is 5.57. The SMILES string of the molecule is CC(C)C(=O)OCc1ccc(CC(=O)[C@H](CCCNC(N)=O)NC(=O)[C@@H](CC(=O)CCOCCOCCOCCOCCN2C(=O)C=CC2=O)C(C)C)cc1. The lowest BCUT2D eigenvalue weighted by atomic mass is 9.88. The van der Waals surface area contributed by atoms with E-state index in [1.165, 1.54) is 12.2 Å². The summed E-state index contributed by atoms with van der Waals surface area (Å²) in [5.41, 5.74) is 6.67. The first-order valence-corrected chi connectivity index (χ1v) is 18.8. The highest BCUT2D eigenvalue weighted by Crippen LogP contribution is 2.19. The van der Waals surface area contributed by atoms with Crippen LogP contribution >= 0.6 is 0 Å². The second-order valence-corrected chi connectivity index (χ2v) is 13.7. The molecule has 1 heterocycles. The van der Waals surface area contributed by atoms with Crippen molar-refractivity contribution in [3.63, 3.8) is 0 Å². The number of esters is 1. The second-order valence-electron chi connectivity index (χ2n) is 13.7. The molecule has 1 aromatic rings. The van der Waals surface area contributed by atoms with E-state index in [1.54, 1.807) is 38.1 Å². The predicted molar refractivity (Wildman–Crippen MR) is 200 cm³/mol. The van der Waals surface area contributed by atoms with Crippen LogP contribution in [0.2, 0.25) is 0 Å². The third-order valence-electron chi connectivity index (χ3n) is 8.52. The van der Waals surface area contributed by atoms with Gasteiger partial charge in [-0.3, -0.25) is 33.7 Å². The second kappa shape index (κ2) is 26.3. The third-order valence-corrected chi connectivity index (χ3v) is 8.52. The van der Waals surface area contributed by atoms with Crippen molar-refractivity contribution in [3.8, 4) is 0 Å². The molecule has 55 heavy (non-hydrogen) atoms. The minimum absolute atomic E-state index is 0.0108. The van der Waals surface area contributed by atoms with Crippen molar-refractivity contribution < 1.29 is 57.2 Å². The number of nitrogens with two attached hydrogens (primary N) is 1. The number of rotatable bonds is 30. The van der Waals surface area contributed by atoms with Crippen LogP contribution in [0.25, 0.3) is 0 Å². The van der Waals surface area contributed by atoms with Gasteiger partial charge in [0.1, 0.15) is 12.4 Å². The van der Waals surface area contributed by atoms with Crippen molar-refractivity contribution in [1.29, 1.82) is 0 Å². The number of nitrogens with zero attached hydrogens (tertiary/aromatic N) is 1. The van der Waals surface area contributed by atoms with E-state index >= 15 is 0 Å². The maximum Gasteiger partial charge on any atom is 0.312 e. The van der Waals surface area contributed by atoms with Crippen molar-refractivity contribution in [2.45, 2.75) is 72.4 Å². The van der Waals surface area contributed by atoms with Gasteiger partial charge in [0, 0.05) is 43.9 Å². The zero-order valence-electron chi connectivity index (χ0n) is 32.5. The Bertz CT molecular complexity index is 1410. The topological polar surface area (TPSA) is 219 Å². The molecular formula is C39H58N4O12. The first kappa shape index (κ1) is 46.6. The van der Waals surface area contributed by atoms with Gasteiger partial charge in [0.05, 0.1) is 71.4 Å². The van der Waals surface area contributed by atoms with Crippen LogP contribution < -0.4 is 16.4 Å². The quantitative estimate of drug-likeness (QED) is 0.0581. The molecule has 0 aliphatic carbocycles. The fraction of sp³-hybridized carbons (Fsp3) is 0.615. The number of imide groups is 1. The van der Waals surface area contributed by atoms with Crippen LogP contribution in [-0.2, 0) is 65.5 Å². The molecule has 16 nitrogen and oxygen atoms in total. The Kier molecular flexibility index (Phi) is 22.3. The standard InChI is InChI=1S/C39H58N4O12/c1-27(2)32(25-31(44)13-16-51-18-20-53-22-23-54-21-19-52-17-15-43-35(46)11-12-36(43)47)37(48)42-33(6-5-14-41-39(40)50)34(45)24-29-7-9-30(10-8-29)26-55-38(49)28(3)4/h7-12,27-28,32-33H,5-6,13-26H2,1-4H3,(H,42,48)(H3,40,41,50)/t32-,33-/m0/s1. The molecule has 5 amide bonds. The molecule has 2 atom stereocenters. The normalized spacial score (nSPS) is 13.7. The van der Waals surface area contributed by atoms with Gasteiger partial charge in [-0.1, -0.05) is 52.0 Å². The molecule has 2 rings (SSSR count). The molecule has 1 aliphatic rings. The summed E-state index contributed by atoms with van der Waals surface area (Å²) in [6.07, 6.45) is 3.25. The summed E-state index contributed by atoms with van der Waals surface area (Å²) in [6.45, 7) is 10.0. The number of Topliss-reactive ketones (excluding diaryl/α,β-unsaturated/α-hetero) is 2. The first-order valence-electron chi connectivity index (χ1n) is 18.8. The number of carbonyl (C=O) groups is 7. The molecule has 0 fully saturated rings. The van der Waals surface area contributed by atoms with Crippen molar-refractivity contribution in [1.82, 2.24) is 15.5 Å². The lowest BCUT2D eigenvalue weighted by Crippen LogP contribution is -2.46. The number of ketones is 2. The number of amides is 5. The molecule has 4 N–H and O–H groups in total. The maximum atomic E-state index is 13.5. The molecule has 306 valence electrons. The molecule has 0 unspecified atom stereocenters. The van der Waals surface area contributed by atoms with Gasteiger partial charge in [0.25, 0.3) is 11.8 Å². The lowest BCUT2D eigenvalue weighted by Gasteiger charge is -2.24. The molecule has 0 saturated heterocycles. The van der Waals surface area contributed by atoms with Crippen molar-refractivity contribution >= 4 is 41.3 Å². The average Bonchev–Trinajstić information content (AvgIpc) is 3.46. The van der Waals surface area contributed by atoms with Gasteiger partial charge < -0.3 is 40.1 Å². The van der Waals surface area contributed by atoms with E-state index in [2.05, 4.69) is 10.6 Å². The zero-order valence-corrected chi connectivity index (χ0v) is 32.5. The monoisotopic (exact) mass is 774 g/mol. The minimum atomic E-state index is -0.851. The summed E-state index contributed by atoms with van der Waals surface area (Å²) in [7, 11) is 0. The summed E-state index contributed by atoms with van der Waals surface area (Å²) in [5, 5.41) is 5.35. The third kappa shape index (κ3) is 19.6. The number of carbonyl (C=O) groups excluding carboxylic acids is 7. The maximum absolute atomic E-state index is 13.5. The van der Waals surface area contributed by atoms with Gasteiger partial charge in [-0.25, -0.2) is 4.79 Å². The smallest absolute Gasteiger partial charge is 0.312 e. The van der Waals surface area contributed by atoms with Gasteiger partial charge in [0.15, 0.2) is 5.78 Å². The lowest BCUT2D eigenvalue weighted by molar-refractivity contribution is -0.148. The molecular weight excluding hydrogens is 716 g/mol. The van der Waals surface area contributed by atoms with Crippen LogP contribution in [-0.4, -0.2) is 118 Å². The predicted octanol–water partition coefficient (Wildman–Crippen LogP) is 2.04. The Morgan fingerprint density at radius 2 is 1.31 bits per heavy atom. The number of urea groups is 1. The Balaban J connectivity index is 1.70. The summed E-state index contributed by atoms with van der Waals surface area (Å²) < 4.78 is 27.1. The van der Waals surface area contributed by atoms with E-state index in [-0.39, 0.29) is 106 Å². The van der Waals surface area contributed by atoms with Crippen LogP contribution in [0.3, 0.4) is 0 Å². The number of benzene rings is 1. The highest BCUT2D eigenvalue weighted by molar-refractivity contribution is 6.12. The molecule has 0 bridgehead atoms. The first-order chi connectivity index (χ1) is 26.3. The number of ether oxygens (including phenoxy) is 5. The molecule has 0 radical (unpaired) electrons. The van der Waals surface area contributed by atoms with E-state index in [0.717, 1.165) is 16.0 Å². The zero-order chi connectivity index (χ0) is 40.6. The van der Waals surface area contributed by atoms with Gasteiger partial charge in [0.2, 0.25) is 5.91 Å². The molecule has 0 saturated carbocycles.